The number of methoxy groups -OCH3 is 1. The standard InChI is InChI=1S/C24H22N2O3S/c1-17-10-12-19(13-11-17)29-14-15-30-24-25-22-9-4-3-8-21(22)23(27)26(24)18-6-5-7-20(16-18)28-2/h3-13,16H,14-15H2,1-2H3. The largest absolute Gasteiger partial charge is 0.497 e. The Labute approximate surface area is 179 Å². The maximum absolute atomic E-state index is 13.3. The zero-order valence-corrected chi connectivity index (χ0v) is 17.7. The third-order valence-electron chi connectivity index (χ3n) is 4.66. The number of hydrogen-bond acceptors (Lipinski definition) is 5. The van der Waals surface area contributed by atoms with Gasteiger partial charge in [0.25, 0.3) is 5.56 Å². The normalized spacial score (nSPS) is 10.9. The Hall–Kier alpha value is -3.25. The molecule has 0 fully saturated rings. The molecule has 0 amide bonds. The van der Waals surface area contributed by atoms with Gasteiger partial charge in [-0.2, -0.15) is 0 Å². The topological polar surface area (TPSA) is 53.4 Å². The lowest BCUT2D eigenvalue weighted by atomic mass is 10.2. The van der Waals surface area contributed by atoms with Crippen molar-refractivity contribution in [2.45, 2.75) is 12.1 Å². The van der Waals surface area contributed by atoms with Crippen molar-refractivity contribution in [2.24, 2.45) is 0 Å². The molecule has 0 aliphatic rings. The van der Waals surface area contributed by atoms with Crippen LogP contribution in [0.5, 0.6) is 11.5 Å². The molecule has 0 aliphatic carbocycles. The maximum atomic E-state index is 13.3. The molecule has 0 atom stereocenters. The van der Waals surface area contributed by atoms with Crippen LogP contribution in [0.1, 0.15) is 5.56 Å². The predicted molar refractivity (Wildman–Crippen MR) is 121 cm³/mol. The Morgan fingerprint density at radius 2 is 1.77 bits per heavy atom. The molecule has 0 saturated heterocycles. The Morgan fingerprint density at radius 3 is 2.57 bits per heavy atom. The Morgan fingerprint density at radius 1 is 0.967 bits per heavy atom. The van der Waals surface area contributed by atoms with E-state index in [4.69, 9.17) is 14.5 Å². The SMILES string of the molecule is COc1cccc(-n2c(SCCOc3ccc(C)cc3)nc3ccccc3c2=O)c1. The smallest absolute Gasteiger partial charge is 0.266 e. The number of nitrogens with zero attached hydrogens (tertiary/aromatic N) is 2. The Bertz CT molecular complexity index is 1220. The summed E-state index contributed by atoms with van der Waals surface area (Å²) in [7, 11) is 1.61. The highest BCUT2D eigenvalue weighted by Crippen LogP contribution is 2.23. The van der Waals surface area contributed by atoms with E-state index in [2.05, 4.69) is 0 Å². The molecule has 152 valence electrons. The summed E-state index contributed by atoms with van der Waals surface area (Å²) >= 11 is 1.49. The fraction of sp³-hybridized carbons (Fsp3) is 0.167. The number of hydrogen-bond donors (Lipinski definition) is 0. The van der Waals surface area contributed by atoms with Gasteiger partial charge < -0.3 is 9.47 Å². The van der Waals surface area contributed by atoms with Crippen molar-refractivity contribution < 1.29 is 9.47 Å². The summed E-state index contributed by atoms with van der Waals surface area (Å²) < 4.78 is 12.8. The molecule has 3 aromatic carbocycles. The molecule has 6 heteroatoms. The van der Waals surface area contributed by atoms with E-state index in [1.807, 2.05) is 73.7 Å². The molecule has 0 bridgehead atoms. The average molecular weight is 419 g/mol. The number of benzene rings is 3. The summed E-state index contributed by atoms with van der Waals surface area (Å²) in [6, 6.07) is 22.8. The Kier molecular flexibility index (Phi) is 6.05. The van der Waals surface area contributed by atoms with Gasteiger partial charge in [0.15, 0.2) is 5.16 Å². The van der Waals surface area contributed by atoms with Crippen LogP contribution in [0.4, 0.5) is 0 Å². The van der Waals surface area contributed by atoms with Crippen molar-refractivity contribution in [3.05, 3.63) is 88.7 Å². The number of aromatic nitrogens is 2. The summed E-state index contributed by atoms with van der Waals surface area (Å²) in [6.07, 6.45) is 0. The van der Waals surface area contributed by atoms with E-state index < -0.39 is 0 Å². The second kappa shape index (κ2) is 9.05. The van der Waals surface area contributed by atoms with Gasteiger partial charge in [-0.05, 0) is 43.3 Å². The van der Waals surface area contributed by atoms with Crippen LogP contribution in [-0.4, -0.2) is 29.0 Å². The summed E-state index contributed by atoms with van der Waals surface area (Å²) in [5.41, 5.74) is 2.50. The molecule has 5 nitrogen and oxygen atoms in total. The first-order valence-corrected chi connectivity index (χ1v) is 10.6. The molecule has 0 radical (unpaired) electrons. The molecule has 0 aliphatic heterocycles. The predicted octanol–water partition coefficient (Wildman–Crippen LogP) is 4.87. The Balaban J connectivity index is 1.63. The highest BCUT2D eigenvalue weighted by molar-refractivity contribution is 7.99. The van der Waals surface area contributed by atoms with Gasteiger partial charge in [-0.3, -0.25) is 9.36 Å². The zero-order chi connectivity index (χ0) is 20.9. The van der Waals surface area contributed by atoms with E-state index in [1.54, 1.807) is 17.7 Å². The van der Waals surface area contributed by atoms with Crippen LogP contribution >= 0.6 is 11.8 Å². The molecule has 4 rings (SSSR count). The summed E-state index contributed by atoms with van der Waals surface area (Å²) in [4.78, 5) is 18.0. The molecule has 0 N–H and O–H groups in total. The van der Waals surface area contributed by atoms with Gasteiger partial charge in [-0.1, -0.05) is 47.7 Å². The van der Waals surface area contributed by atoms with E-state index in [1.165, 1.54) is 17.3 Å². The number of fused-ring (bicyclic) bond motifs is 1. The first-order valence-electron chi connectivity index (χ1n) is 9.64. The molecule has 4 aromatic rings. The van der Waals surface area contributed by atoms with E-state index in [9.17, 15) is 4.79 Å². The van der Waals surface area contributed by atoms with Gasteiger partial charge in [0.1, 0.15) is 11.5 Å². The summed E-state index contributed by atoms with van der Waals surface area (Å²) in [6.45, 7) is 2.55. The van der Waals surface area contributed by atoms with Crippen molar-refractivity contribution >= 4 is 22.7 Å². The minimum atomic E-state index is -0.101. The molecule has 0 saturated carbocycles. The van der Waals surface area contributed by atoms with Crippen molar-refractivity contribution in [1.82, 2.24) is 9.55 Å². The van der Waals surface area contributed by atoms with Crippen molar-refractivity contribution in [3.63, 3.8) is 0 Å². The zero-order valence-electron chi connectivity index (χ0n) is 16.9. The van der Waals surface area contributed by atoms with Crippen LogP contribution in [0.15, 0.2) is 82.7 Å². The summed E-state index contributed by atoms with van der Waals surface area (Å²) in [5.74, 6) is 2.17. The molecular formula is C24H22N2O3S. The van der Waals surface area contributed by atoms with Crippen LogP contribution < -0.4 is 15.0 Å². The minimum absolute atomic E-state index is 0.101. The third-order valence-corrected chi connectivity index (χ3v) is 5.56. The molecule has 1 aromatic heterocycles. The maximum Gasteiger partial charge on any atom is 0.266 e. The second-order valence-electron chi connectivity index (χ2n) is 6.76. The highest BCUT2D eigenvalue weighted by atomic mass is 32.2. The summed E-state index contributed by atoms with van der Waals surface area (Å²) in [5, 5.41) is 1.21. The lowest BCUT2D eigenvalue weighted by molar-refractivity contribution is 0.344. The van der Waals surface area contributed by atoms with Gasteiger partial charge in [0.2, 0.25) is 0 Å². The molecule has 30 heavy (non-hydrogen) atoms. The third kappa shape index (κ3) is 4.33. The number of thioether (sulfide) groups is 1. The average Bonchev–Trinajstić information content (AvgIpc) is 2.78. The number of rotatable bonds is 7. The van der Waals surface area contributed by atoms with E-state index in [0.717, 1.165) is 11.4 Å². The van der Waals surface area contributed by atoms with Crippen molar-refractivity contribution in [3.8, 4) is 17.2 Å². The highest BCUT2D eigenvalue weighted by Gasteiger charge is 2.14. The quantitative estimate of drug-likeness (QED) is 0.243. The van der Waals surface area contributed by atoms with E-state index in [0.29, 0.717) is 34.2 Å². The number of aryl methyl sites for hydroxylation is 1. The fourth-order valence-corrected chi connectivity index (χ4v) is 3.94. The van der Waals surface area contributed by atoms with Crippen LogP contribution in [0.2, 0.25) is 0 Å². The fourth-order valence-electron chi connectivity index (χ4n) is 3.11. The van der Waals surface area contributed by atoms with Crippen LogP contribution in [0, 0.1) is 6.92 Å². The first-order chi connectivity index (χ1) is 14.7. The monoisotopic (exact) mass is 418 g/mol. The first kappa shape index (κ1) is 20.0. The van der Waals surface area contributed by atoms with Crippen molar-refractivity contribution in [2.75, 3.05) is 19.5 Å². The molecule has 0 unspecified atom stereocenters. The van der Waals surface area contributed by atoms with Gasteiger partial charge in [-0.25, -0.2) is 4.98 Å². The lowest BCUT2D eigenvalue weighted by Crippen LogP contribution is -2.22. The van der Waals surface area contributed by atoms with Crippen LogP contribution in [0.25, 0.3) is 16.6 Å². The molecule has 1 heterocycles. The lowest BCUT2D eigenvalue weighted by Gasteiger charge is -2.14. The number of para-hydroxylation sites is 1. The van der Waals surface area contributed by atoms with Gasteiger partial charge >= 0.3 is 0 Å². The van der Waals surface area contributed by atoms with E-state index >= 15 is 0 Å². The van der Waals surface area contributed by atoms with Gasteiger partial charge in [0, 0.05) is 11.8 Å². The molecule has 0 spiro atoms. The van der Waals surface area contributed by atoms with Gasteiger partial charge in [-0.15, -0.1) is 0 Å². The van der Waals surface area contributed by atoms with Crippen LogP contribution in [-0.2, 0) is 0 Å². The van der Waals surface area contributed by atoms with E-state index in [-0.39, 0.29) is 5.56 Å². The minimum Gasteiger partial charge on any atom is -0.497 e. The number of ether oxygens (including phenoxy) is 2. The van der Waals surface area contributed by atoms with Crippen LogP contribution in [0.3, 0.4) is 0 Å². The second-order valence-corrected chi connectivity index (χ2v) is 7.83. The van der Waals surface area contributed by atoms with Gasteiger partial charge in [0.05, 0.1) is 30.3 Å². The van der Waals surface area contributed by atoms with Crippen molar-refractivity contribution in [1.29, 1.82) is 0 Å². The molecular weight excluding hydrogens is 396 g/mol.